The molecule has 1 saturated heterocycles. The van der Waals surface area contributed by atoms with E-state index in [9.17, 15) is 4.79 Å². The maximum Gasteiger partial charge on any atom is 0.274 e. The Morgan fingerprint density at radius 3 is 2.83 bits per heavy atom. The highest BCUT2D eigenvalue weighted by molar-refractivity contribution is 5.94. The molecular weight excluding hydrogens is 366 g/mol. The van der Waals surface area contributed by atoms with Crippen molar-refractivity contribution in [2.45, 2.75) is 46.0 Å². The van der Waals surface area contributed by atoms with Crippen molar-refractivity contribution in [3.63, 3.8) is 0 Å². The van der Waals surface area contributed by atoms with E-state index in [1.165, 1.54) is 0 Å². The SMILES string of the molecule is Cc1[nH]c(-c2ccccc2)nc1C(=O)N1CCC[C@H](c2nc(CC(C)C)no2)C1. The lowest BCUT2D eigenvalue weighted by molar-refractivity contribution is 0.0689. The molecule has 1 aromatic carbocycles. The normalized spacial score (nSPS) is 17.1. The largest absolute Gasteiger partial charge is 0.341 e. The highest BCUT2D eigenvalue weighted by atomic mass is 16.5. The highest BCUT2D eigenvalue weighted by Gasteiger charge is 2.31. The number of carbonyl (C=O) groups excluding carboxylic acids is 1. The summed E-state index contributed by atoms with van der Waals surface area (Å²) in [7, 11) is 0. The van der Waals surface area contributed by atoms with Crippen LogP contribution < -0.4 is 0 Å². The molecule has 0 unspecified atom stereocenters. The van der Waals surface area contributed by atoms with Crippen LogP contribution >= 0.6 is 0 Å². The zero-order chi connectivity index (χ0) is 20.4. The average molecular weight is 393 g/mol. The second-order valence-electron chi connectivity index (χ2n) is 8.16. The summed E-state index contributed by atoms with van der Waals surface area (Å²) in [6, 6.07) is 9.84. The van der Waals surface area contributed by atoms with Crippen LogP contribution in [0, 0.1) is 12.8 Å². The molecule has 1 aliphatic heterocycles. The van der Waals surface area contributed by atoms with E-state index in [0.717, 1.165) is 48.7 Å². The molecule has 7 nitrogen and oxygen atoms in total. The molecule has 0 bridgehead atoms. The molecule has 0 aliphatic carbocycles. The number of aryl methyl sites for hydroxylation is 1. The number of H-pyrrole nitrogens is 1. The summed E-state index contributed by atoms with van der Waals surface area (Å²) in [5.41, 5.74) is 2.23. The third-order valence-corrected chi connectivity index (χ3v) is 5.27. The van der Waals surface area contributed by atoms with Crippen LogP contribution in [0.4, 0.5) is 0 Å². The predicted octanol–water partition coefficient (Wildman–Crippen LogP) is 3.99. The summed E-state index contributed by atoms with van der Waals surface area (Å²) in [6.07, 6.45) is 2.66. The Kier molecular flexibility index (Phi) is 5.47. The van der Waals surface area contributed by atoms with Gasteiger partial charge in [-0.05, 0) is 25.7 Å². The van der Waals surface area contributed by atoms with Crippen LogP contribution in [0.5, 0.6) is 0 Å². The Hall–Kier alpha value is -2.96. The van der Waals surface area contributed by atoms with Crippen molar-refractivity contribution in [2.24, 2.45) is 5.92 Å². The number of imidazole rings is 1. The van der Waals surface area contributed by atoms with Gasteiger partial charge in [0, 0.05) is 30.8 Å². The van der Waals surface area contributed by atoms with Crippen LogP contribution in [-0.4, -0.2) is 44.0 Å². The maximum atomic E-state index is 13.2. The van der Waals surface area contributed by atoms with Crippen molar-refractivity contribution < 1.29 is 9.32 Å². The first-order valence-corrected chi connectivity index (χ1v) is 10.2. The minimum Gasteiger partial charge on any atom is -0.341 e. The van der Waals surface area contributed by atoms with Crippen molar-refractivity contribution in [3.05, 3.63) is 53.4 Å². The van der Waals surface area contributed by atoms with Gasteiger partial charge < -0.3 is 14.4 Å². The van der Waals surface area contributed by atoms with Crippen LogP contribution in [0.25, 0.3) is 11.4 Å². The van der Waals surface area contributed by atoms with E-state index >= 15 is 0 Å². The number of nitrogens with zero attached hydrogens (tertiary/aromatic N) is 4. The number of rotatable bonds is 5. The molecule has 0 radical (unpaired) electrons. The smallest absolute Gasteiger partial charge is 0.274 e. The summed E-state index contributed by atoms with van der Waals surface area (Å²) in [5, 5.41) is 4.10. The van der Waals surface area contributed by atoms with Gasteiger partial charge in [-0.2, -0.15) is 4.98 Å². The van der Waals surface area contributed by atoms with Crippen LogP contribution in [0.2, 0.25) is 0 Å². The lowest BCUT2D eigenvalue weighted by Crippen LogP contribution is -2.39. The van der Waals surface area contributed by atoms with Crippen LogP contribution in [-0.2, 0) is 6.42 Å². The molecule has 3 heterocycles. The van der Waals surface area contributed by atoms with E-state index < -0.39 is 0 Å². The Morgan fingerprint density at radius 2 is 2.07 bits per heavy atom. The lowest BCUT2D eigenvalue weighted by Gasteiger charge is -2.30. The average Bonchev–Trinajstić information content (AvgIpc) is 3.34. The van der Waals surface area contributed by atoms with E-state index in [1.54, 1.807) is 0 Å². The molecule has 1 amide bonds. The molecule has 1 fully saturated rings. The van der Waals surface area contributed by atoms with Gasteiger partial charge in [0.1, 0.15) is 11.5 Å². The van der Waals surface area contributed by atoms with Crippen LogP contribution in [0.3, 0.4) is 0 Å². The number of aromatic nitrogens is 4. The van der Waals surface area contributed by atoms with Gasteiger partial charge in [0.2, 0.25) is 5.89 Å². The minimum absolute atomic E-state index is 0.0486. The Balaban J connectivity index is 1.49. The fraction of sp³-hybridized carbons (Fsp3) is 0.455. The molecule has 1 N–H and O–H groups in total. The first kappa shape index (κ1) is 19.4. The second-order valence-corrected chi connectivity index (χ2v) is 8.16. The minimum atomic E-state index is -0.0486. The third kappa shape index (κ3) is 4.23. The Labute approximate surface area is 170 Å². The number of nitrogens with one attached hydrogen (secondary N) is 1. The zero-order valence-corrected chi connectivity index (χ0v) is 17.2. The molecule has 1 aliphatic rings. The van der Waals surface area contributed by atoms with E-state index in [-0.39, 0.29) is 11.8 Å². The summed E-state index contributed by atoms with van der Waals surface area (Å²) >= 11 is 0. The van der Waals surface area contributed by atoms with Crippen molar-refractivity contribution >= 4 is 5.91 Å². The molecule has 7 heteroatoms. The van der Waals surface area contributed by atoms with Gasteiger partial charge in [-0.1, -0.05) is 49.3 Å². The van der Waals surface area contributed by atoms with Crippen molar-refractivity contribution in [3.8, 4) is 11.4 Å². The summed E-state index contributed by atoms with van der Waals surface area (Å²) < 4.78 is 5.50. The number of amides is 1. The van der Waals surface area contributed by atoms with Crippen molar-refractivity contribution in [1.82, 2.24) is 25.0 Å². The molecule has 0 spiro atoms. The highest BCUT2D eigenvalue weighted by Crippen LogP contribution is 2.28. The molecule has 2 aromatic heterocycles. The van der Waals surface area contributed by atoms with Crippen LogP contribution in [0.15, 0.2) is 34.9 Å². The van der Waals surface area contributed by atoms with Gasteiger partial charge >= 0.3 is 0 Å². The lowest BCUT2D eigenvalue weighted by atomic mass is 9.97. The quantitative estimate of drug-likeness (QED) is 0.708. The van der Waals surface area contributed by atoms with E-state index in [2.05, 4.69) is 34.0 Å². The van der Waals surface area contributed by atoms with E-state index in [0.29, 0.717) is 24.0 Å². The number of likely N-dealkylation sites (tertiary alicyclic amines) is 1. The Bertz CT molecular complexity index is 976. The van der Waals surface area contributed by atoms with Gasteiger partial charge in [0.05, 0.1) is 5.92 Å². The number of hydrogen-bond acceptors (Lipinski definition) is 5. The molecule has 3 aromatic rings. The maximum absolute atomic E-state index is 13.2. The van der Waals surface area contributed by atoms with Gasteiger partial charge in [-0.3, -0.25) is 4.79 Å². The topological polar surface area (TPSA) is 87.9 Å². The number of carbonyl (C=O) groups is 1. The monoisotopic (exact) mass is 393 g/mol. The zero-order valence-electron chi connectivity index (χ0n) is 17.2. The van der Waals surface area contributed by atoms with Gasteiger partial charge in [0.15, 0.2) is 5.82 Å². The number of hydrogen-bond donors (Lipinski definition) is 1. The summed E-state index contributed by atoms with van der Waals surface area (Å²) in [4.78, 5) is 27.4. The van der Waals surface area contributed by atoms with Crippen LogP contribution in [0.1, 0.15) is 60.5 Å². The first-order chi connectivity index (χ1) is 14.0. The molecule has 1 atom stereocenters. The van der Waals surface area contributed by atoms with Gasteiger partial charge in [-0.15, -0.1) is 0 Å². The Morgan fingerprint density at radius 1 is 1.28 bits per heavy atom. The number of piperidine rings is 1. The van der Waals surface area contributed by atoms with Crippen molar-refractivity contribution in [1.29, 1.82) is 0 Å². The number of aromatic amines is 1. The summed E-state index contributed by atoms with van der Waals surface area (Å²) in [6.45, 7) is 7.45. The van der Waals surface area contributed by atoms with Gasteiger partial charge in [0.25, 0.3) is 5.91 Å². The van der Waals surface area contributed by atoms with Gasteiger partial charge in [-0.25, -0.2) is 4.98 Å². The summed E-state index contributed by atoms with van der Waals surface area (Å²) in [5.74, 6) is 2.61. The van der Waals surface area contributed by atoms with E-state index in [4.69, 9.17) is 4.52 Å². The fourth-order valence-corrected chi connectivity index (χ4v) is 3.80. The molecule has 152 valence electrons. The molecular formula is C22H27N5O2. The standard InChI is InChI=1S/C22H27N5O2/c1-14(2)12-18-24-21(29-26-18)17-10-7-11-27(13-17)22(28)19-15(3)23-20(25-19)16-8-5-4-6-9-16/h4-6,8-9,14,17H,7,10-13H2,1-3H3,(H,23,25)/t17-/m0/s1. The molecule has 4 rings (SSSR count). The first-order valence-electron chi connectivity index (χ1n) is 10.2. The third-order valence-electron chi connectivity index (χ3n) is 5.27. The number of benzene rings is 1. The van der Waals surface area contributed by atoms with Crippen molar-refractivity contribution in [2.75, 3.05) is 13.1 Å². The van der Waals surface area contributed by atoms with E-state index in [1.807, 2.05) is 42.2 Å². The predicted molar refractivity (Wildman–Crippen MR) is 109 cm³/mol. The second kappa shape index (κ2) is 8.19. The molecule has 0 saturated carbocycles. The molecule has 29 heavy (non-hydrogen) atoms. The fourth-order valence-electron chi connectivity index (χ4n) is 3.80.